The lowest BCUT2D eigenvalue weighted by Crippen LogP contribution is -1.92. The van der Waals surface area contributed by atoms with Crippen LogP contribution in [0.25, 0.3) is 11.1 Å². The summed E-state index contributed by atoms with van der Waals surface area (Å²) in [5, 5.41) is 10.7. The van der Waals surface area contributed by atoms with Crippen molar-refractivity contribution in [2.24, 2.45) is 0 Å². The van der Waals surface area contributed by atoms with Crippen molar-refractivity contribution >= 4 is 0 Å². The Kier molecular flexibility index (Phi) is 9.31. The van der Waals surface area contributed by atoms with E-state index in [-0.39, 0.29) is 0 Å². The van der Waals surface area contributed by atoms with E-state index in [0.717, 1.165) is 23.1 Å². The van der Waals surface area contributed by atoms with Gasteiger partial charge in [-0.3, -0.25) is 0 Å². The first-order chi connectivity index (χ1) is 12.7. The minimum absolute atomic E-state index is 0.470. The van der Waals surface area contributed by atoms with Crippen LogP contribution < -0.4 is 0 Å². The van der Waals surface area contributed by atoms with Gasteiger partial charge >= 0.3 is 0 Å². The van der Waals surface area contributed by atoms with Crippen LogP contribution in [0.3, 0.4) is 0 Å². The van der Waals surface area contributed by atoms with Gasteiger partial charge in [0.05, 0.1) is 0 Å². The van der Waals surface area contributed by atoms with E-state index >= 15 is 0 Å². The third kappa shape index (κ3) is 6.86. The molecule has 0 saturated carbocycles. The maximum Gasteiger partial charge on any atom is 0.126 e. The summed E-state index contributed by atoms with van der Waals surface area (Å²) in [7, 11) is 0. The Hall–Kier alpha value is -1.76. The fourth-order valence-electron chi connectivity index (χ4n) is 3.69. The maximum absolute atomic E-state index is 10.7. The van der Waals surface area contributed by atoms with E-state index in [1.54, 1.807) is 0 Å². The van der Waals surface area contributed by atoms with Gasteiger partial charge in [0, 0.05) is 5.56 Å². The molecule has 0 spiro atoms. The molecule has 1 heteroatoms. The van der Waals surface area contributed by atoms with Crippen molar-refractivity contribution in [2.75, 3.05) is 0 Å². The molecule has 0 aliphatic carbocycles. The molecule has 0 saturated heterocycles. The number of aromatic hydroxyl groups is 1. The first kappa shape index (κ1) is 20.6. The lowest BCUT2D eigenvalue weighted by Gasteiger charge is -2.12. The van der Waals surface area contributed by atoms with E-state index in [1.807, 2.05) is 18.2 Å². The van der Waals surface area contributed by atoms with Gasteiger partial charge in [-0.15, -0.1) is 0 Å². The van der Waals surface area contributed by atoms with Crippen LogP contribution in [0, 0.1) is 6.92 Å². The summed E-state index contributed by atoms with van der Waals surface area (Å²) in [6, 6.07) is 14.4. The third-order valence-corrected chi connectivity index (χ3v) is 5.22. The number of rotatable bonds is 12. The number of benzene rings is 2. The summed E-state index contributed by atoms with van der Waals surface area (Å²) >= 11 is 0. The summed E-state index contributed by atoms with van der Waals surface area (Å²) in [5.41, 5.74) is 4.39. The molecule has 2 aromatic carbocycles. The van der Waals surface area contributed by atoms with Gasteiger partial charge in [-0.1, -0.05) is 101 Å². The number of phenols is 1. The molecule has 0 heterocycles. The van der Waals surface area contributed by atoms with E-state index in [0.29, 0.717) is 5.75 Å². The highest BCUT2D eigenvalue weighted by atomic mass is 16.3. The number of hydrogen-bond donors (Lipinski definition) is 1. The average molecular weight is 353 g/mol. The highest BCUT2D eigenvalue weighted by molar-refractivity contribution is 5.72. The Bertz CT molecular complexity index is 630. The molecule has 0 aliphatic rings. The van der Waals surface area contributed by atoms with Gasteiger partial charge < -0.3 is 5.11 Å². The highest BCUT2D eigenvalue weighted by Crippen LogP contribution is 2.34. The van der Waals surface area contributed by atoms with Gasteiger partial charge in [-0.2, -0.15) is 0 Å². The molecule has 0 bridgehead atoms. The molecule has 26 heavy (non-hydrogen) atoms. The van der Waals surface area contributed by atoms with E-state index in [9.17, 15) is 5.11 Å². The van der Waals surface area contributed by atoms with Crippen molar-refractivity contribution in [1.82, 2.24) is 0 Å². The number of unbranched alkanes of at least 4 members (excludes halogenated alkanes) is 9. The van der Waals surface area contributed by atoms with Crippen molar-refractivity contribution in [1.29, 1.82) is 0 Å². The van der Waals surface area contributed by atoms with Crippen LogP contribution in [-0.2, 0) is 6.42 Å². The maximum atomic E-state index is 10.7. The van der Waals surface area contributed by atoms with Crippen molar-refractivity contribution in [3.63, 3.8) is 0 Å². The van der Waals surface area contributed by atoms with E-state index < -0.39 is 0 Å². The summed E-state index contributed by atoms with van der Waals surface area (Å²) < 4.78 is 0. The van der Waals surface area contributed by atoms with Gasteiger partial charge in [0.15, 0.2) is 0 Å². The largest absolute Gasteiger partial charge is 0.507 e. The van der Waals surface area contributed by atoms with E-state index in [1.165, 1.54) is 69.8 Å². The molecule has 0 atom stereocenters. The molecule has 0 amide bonds. The van der Waals surface area contributed by atoms with Crippen molar-refractivity contribution in [3.05, 3.63) is 53.6 Å². The van der Waals surface area contributed by atoms with Crippen LogP contribution in [0.4, 0.5) is 0 Å². The fourth-order valence-corrected chi connectivity index (χ4v) is 3.69. The van der Waals surface area contributed by atoms with Crippen LogP contribution in [0.15, 0.2) is 42.5 Å². The molecule has 1 nitrogen and oxygen atoms in total. The summed E-state index contributed by atoms with van der Waals surface area (Å²) in [4.78, 5) is 0. The van der Waals surface area contributed by atoms with Gasteiger partial charge in [0.25, 0.3) is 0 Å². The standard InChI is InChI=1S/C25H36O/c1-3-4-5-6-7-8-9-10-11-13-18-23-19-21(2)20-24(25(23)26)22-16-14-12-15-17-22/h12,14-17,19-20,26H,3-11,13,18H2,1-2H3. The first-order valence-electron chi connectivity index (χ1n) is 10.6. The molecule has 1 N–H and O–H groups in total. The topological polar surface area (TPSA) is 20.2 Å². The zero-order chi connectivity index (χ0) is 18.6. The number of phenolic OH excluding ortho intramolecular Hbond substituents is 1. The summed E-state index contributed by atoms with van der Waals surface area (Å²) in [5.74, 6) is 0.470. The van der Waals surface area contributed by atoms with Crippen molar-refractivity contribution in [3.8, 4) is 16.9 Å². The molecule has 2 aromatic rings. The lowest BCUT2D eigenvalue weighted by molar-refractivity contribution is 0.467. The molecule has 0 aromatic heterocycles. The molecular weight excluding hydrogens is 316 g/mol. The first-order valence-corrected chi connectivity index (χ1v) is 10.6. The minimum Gasteiger partial charge on any atom is -0.507 e. The SMILES string of the molecule is CCCCCCCCCCCCc1cc(C)cc(-c2ccccc2)c1O. The van der Waals surface area contributed by atoms with E-state index in [2.05, 4.69) is 38.1 Å². The Morgan fingerprint density at radius 1 is 0.731 bits per heavy atom. The molecule has 0 unspecified atom stereocenters. The fraction of sp³-hybridized carbons (Fsp3) is 0.520. The zero-order valence-corrected chi connectivity index (χ0v) is 16.8. The van der Waals surface area contributed by atoms with Crippen LogP contribution in [-0.4, -0.2) is 5.11 Å². The summed E-state index contributed by atoms with van der Waals surface area (Å²) in [6.45, 7) is 4.39. The van der Waals surface area contributed by atoms with Crippen molar-refractivity contribution < 1.29 is 5.11 Å². The highest BCUT2D eigenvalue weighted by Gasteiger charge is 2.10. The van der Waals surface area contributed by atoms with Gasteiger partial charge in [0.1, 0.15) is 5.75 Å². The lowest BCUT2D eigenvalue weighted by atomic mass is 9.95. The molecular formula is C25H36O. The zero-order valence-electron chi connectivity index (χ0n) is 16.8. The second-order valence-corrected chi connectivity index (χ2v) is 7.62. The molecule has 0 fully saturated rings. The van der Waals surface area contributed by atoms with Crippen LogP contribution >= 0.6 is 0 Å². The Morgan fingerprint density at radius 2 is 1.31 bits per heavy atom. The van der Waals surface area contributed by atoms with Gasteiger partial charge in [-0.05, 0) is 42.5 Å². The van der Waals surface area contributed by atoms with Crippen LogP contribution in [0.5, 0.6) is 5.75 Å². The number of hydrogen-bond acceptors (Lipinski definition) is 1. The van der Waals surface area contributed by atoms with E-state index in [4.69, 9.17) is 0 Å². The quantitative estimate of drug-likeness (QED) is 0.386. The second-order valence-electron chi connectivity index (χ2n) is 7.62. The normalized spacial score (nSPS) is 11.0. The average Bonchev–Trinajstić information content (AvgIpc) is 2.66. The molecule has 0 radical (unpaired) electrons. The Balaban J connectivity index is 1.75. The molecule has 0 aliphatic heterocycles. The predicted octanol–water partition coefficient (Wildman–Crippen LogP) is 7.83. The summed E-state index contributed by atoms with van der Waals surface area (Å²) in [6.07, 6.45) is 14.4. The minimum atomic E-state index is 0.470. The third-order valence-electron chi connectivity index (χ3n) is 5.22. The van der Waals surface area contributed by atoms with Gasteiger partial charge in [-0.25, -0.2) is 0 Å². The Labute approximate surface area is 160 Å². The number of aryl methyl sites for hydroxylation is 2. The smallest absolute Gasteiger partial charge is 0.126 e. The second kappa shape index (κ2) is 11.8. The van der Waals surface area contributed by atoms with Gasteiger partial charge in [0.2, 0.25) is 0 Å². The Morgan fingerprint density at radius 3 is 1.92 bits per heavy atom. The molecule has 142 valence electrons. The van der Waals surface area contributed by atoms with Crippen LogP contribution in [0.1, 0.15) is 82.3 Å². The molecule has 2 rings (SSSR count). The monoisotopic (exact) mass is 352 g/mol. The van der Waals surface area contributed by atoms with Crippen molar-refractivity contribution in [2.45, 2.75) is 84.5 Å². The van der Waals surface area contributed by atoms with Crippen LogP contribution in [0.2, 0.25) is 0 Å². The predicted molar refractivity (Wildman–Crippen MR) is 114 cm³/mol.